The van der Waals surface area contributed by atoms with Crippen LogP contribution in [-0.2, 0) is 10.8 Å². The minimum atomic E-state index is -9.73. The molecule has 0 bridgehead atoms. The molecule has 1 aromatic heterocycles. The predicted octanol–water partition coefficient (Wildman–Crippen LogP) is 6.94. The zero-order chi connectivity index (χ0) is 20.6. The maximum Gasteiger partial charge on any atom is 0.310 e. The van der Waals surface area contributed by atoms with E-state index in [4.69, 9.17) is 4.74 Å². The van der Waals surface area contributed by atoms with Crippen molar-refractivity contribution in [2.24, 2.45) is 0 Å². The van der Waals surface area contributed by atoms with Crippen LogP contribution >= 0.6 is 10.2 Å². The molecular weight excluding hydrogens is 421 g/mol. The van der Waals surface area contributed by atoms with Gasteiger partial charge >= 0.3 is 10.2 Å². The largest absolute Gasteiger partial charge is 0.438 e. The van der Waals surface area contributed by atoms with E-state index in [1.807, 2.05) is 0 Å². The highest BCUT2D eigenvalue weighted by molar-refractivity contribution is 8.45. The molecule has 1 heterocycles. The van der Waals surface area contributed by atoms with Gasteiger partial charge in [0.05, 0.1) is 0 Å². The highest BCUT2D eigenvalue weighted by Crippen LogP contribution is 3.02. The summed E-state index contributed by atoms with van der Waals surface area (Å²) < 4.78 is 81.0. The van der Waals surface area contributed by atoms with E-state index < -0.39 is 25.9 Å². The van der Waals surface area contributed by atoms with Crippen LogP contribution in [-0.4, -0.2) is 15.4 Å². The SMILES string of the molecule is CS(=O)c1ccc(-c2cccnc2Oc2ccc(S(F)(F)(F)(F)F)cc2)cc1. The highest BCUT2D eigenvalue weighted by Gasteiger charge is 2.65. The fourth-order valence-electron chi connectivity index (χ4n) is 2.39. The number of halogens is 5. The molecule has 0 radical (unpaired) electrons. The Morgan fingerprint density at radius 2 is 1.50 bits per heavy atom. The number of aromatic nitrogens is 1. The van der Waals surface area contributed by atoms with Crippen molar-refractivity contribution in [3.8, 4) is 22.8 Å². The summed E-state index contributed by atoms with van der Waals surface area (Å²) in [5, 5.41) is 0. The molecule has 0 saturated carbocycles. The van der Waals surface area contributed by atoms with Crippen LogP contribution in [0.2, 0.25) is 0 Å². The average Bonchev–Trinajstić information content (AvgIpc) is 2.61. The molecule has 1 unspecified atom stereocenters. The molecule has 0 spiro atoms. The second kappa shape index (κ2) is 6.28. The van der Waals surface area contributed by atoms with Crippen LogP contribution in [0.3, 0.4) is 0 Å². The van der Waals surface area contributed by atoms with E-state index in [1.165, 1.54) is 6.20 Å². The Morgan fingerprint density at radius 1 is 0.893 bits per heavy atom. The first kappa shape index (κ1) is 20.3. The maximum atomic E-state index is 12.8. The Morgan fingerprint density at radius 3 is 2.04 bits per heavy atom. The van der Waals surface area contributed by atoms with Crippen LogP contribution in [0.15, 0.2) is 76.7 Å². The molecule has 10 heteroatoms. The molecule has 2 aromatic carbocycles. The first-order valence-electron chi connectivity index (χ1n) is 7.74. The van der Waals surface area contributed by atoms with Crippen molar-refractivity contribution in [3.63, 3.8) is 0 Å². The molecule has 28 heavy (non-hydrogen) atoms. The lowest BCUT2D eigenvalue weighted by Gasteiger charge is -2.40. The first-order valence-corrected chi connectivity index (χ1v) is 11.3. The zero-order valence-electron chi connectivity index (χ0n) is 14.3. The normalized spacial score (nSPS) is 15.4. The molecule has 0 amide bonds. The van der Waals surface area contributed by atoms with Crippen molar-refractivity contribution in [1.82, 2.24) is 4.98 Å². The molecule has 0 N–H and O–H groups in total. The van der Waals surface area contributed by atoms with Gasteiger partial charge in [0.1, 0.15) is 10.6 Å². The van der Waals surface area contributed by atoms with E-state index >= 15 is 0 Å². The number of nitrogens with zero attached hydrogens (tertiary/aromatic N) is 1. The zero-order valence-corrected chi connectivity index (χ0v) is 16.0. The Bertz CT molecular complexity index is 1040. The standard InChI is InChI=1S/C18H14F5NO2S2/c1-27(25)15-8-4-13(5-9-15)17-3-2-12-24-18(17)26-14-6-10-16(11-7-14)28(19,20,21,22)23/h2-12H,1H3. The molecule has 0 aliphatic rings. The third-order valence-electron chi connectivity index (χ3n) is 3.75. The van der Waals surface area contributed by atoms with Crippen LogP contribution in [0, 0.1) is 0 Å². The first-order chi connectivity index (χ1) is 12.8. The Kier molecular flexibility index (Phi) is 4.55. The van der Waals surface area contributed by atoms with Gasteiger partial charge in [-0.05, 0) is 54.1 Å². The van der Waals surface area contributed by atoms with Gasteiger partial charge in [-0.25, -0.2) is 4.98 Å². The molecule has 3 rings (SSSR count). The van der Waals surface area contributed by atoms with Gasteiger partial charge < -0.3 is 4.74 Å². The van der Waals surface area contributed by atoms with Gasteiger partial charge in [0, 0.05) is 33.7 Å². The second-order valence-corrected chi connectivity index (χ2v) is 9.67. The van der Waals surface area contributed by atoms with Gasteiger partial charge in [0.25, 0.3) is 0 Å². The number of hydrogen-bond acceptors (Lipinski definition) is 3. The van der Waals surface area contributed by atoms with Crippen LogP contribution in [0.1, 0.15) is 0 Å². The summed E-state index contributed by atoms with van der Waals surface area (Å²) >= 11 is 0. The molecule has 3 nitrogen and oxygen atoms in total. The van der Waals surface area contributed by atoms with Crippen molar-refractivity contribution in [2.75, 3.05) is 6.26 Å². The van der Waals surface area contributed by atoms with Crippen LogP contribution < -0.4 is 4.74 Å². The van der Waals surface area contributed by atoms with E-state index in [0.29, 0.717) is 16.0 Å². The van der Waals surface area contributed by atoms with E-state index in [0.717, 1.165) is 12.1 Å². The minimum Gasteiger partial charge on any atom is -0.438 e. The second-order valence-electron chi connectivity index (χ2n) is 5.88. The van der Waals surface area contributed by atoms with Crippen LogP contribution in [0.4, 0.5) is 19.4 Å². The summed E-state index contributed by atoms with van der Waals surface area (Å²) in [6.45, 7) is 0. The smallest absolute Gasteiger partial charge is 0.310 e. The van der Waals surface area contributed by atoms with E-state index in [-0.39, 0.29) is 23.8 Å². The topological polar surface area (TPSA) is 39.2 Å². The summed E-state index contributed by atoms with van der Waals surface area (Å²) in [5.74, 6) is 0.0183. The molecule has 150 valence electrons. The number of benzene rings is 2. The molecule has 3 aromatic rings. The fraction of sp³-hybridized carbons (Fsp3) is 0.0556. The number of pyridine rings is 1. The molecule has 1 atom stereocenters. The molecule has 0 fully saturated rings. The predicted molar refractivity (Wildman–Crippen MR) is 99.9 cm³/mol. The molecular formula is C18H14F5NO2S2. The van der Waals surface area contributed by atoms with Crippen molar-refractivity contribution >= 4 is 21.0 Å². The molecule has 0 saturated heterocycles. The molecule has 0 aliphatic carbocycles. The van der Waals surface area contributed by atoms with Crippen LogP contribution in [0.25, 0.3) is 11.1 Å². The summed E-state index contributed by atoms with van der Waals surface area (Å²) in [7, 11) is -10.9. The lowest BCUT2D eigenvalue weighted by atomic mass is 10.1. The Labute approximate surface area is 160 Å². The van der Waals surface area contributed by atoms with Gasteiger partial charge in [-0.1, -0.05) is 31.6 Å². The third-order valence-corrected chi connectivity index (χ3v) is 5.85. The number of rotatable bonds is 5. The highest BCUT2D eigenvalue weighted by atomic mass is 32.5. The van der Waals surface area contributed by atoms with Gasteiger partial charge in [-0.3, -0.25) is 4.21 Å². The van der Waals surface area contributed by atoms with Crippen molar-refractivity contribution in [3.05, 3.63) is 66.9 Å². The van der Waals surface area contributed by atoms with Gasteiger partial charge in [0.15, 0.2) is 0 Å². The summed E-state index contributed by atoms with van der Waals surface area (Å²) in [5.41, 5.74) is 1.22. The van der Waals surface area contributed by atoms with Gasteiger partial charge in [-0.15, -0.1) is 0 Å². The lowest BCUT2D eigenvalue weighted by molar-refractivity contribution is 0.363. The molecule has 0 aliphatic heterocycles. The van der Waals surface area contributed by atoms with E-state index in [1.54, 1.807) is 42.7 Å². The maximum absolute atomic E-state index is 12.8. The quantitative estimate of drug-likeness (QED) is 0.408. The van der Waals surface area contributed by atoms with Gasteiger partial charge in [0.2, 0.25) is 5.88 Å². The van der Waals surface area contributed by atoms with E-state index in [2.05, 4.69) is 4.98 Å². The van der Waals surface area contributed by atoms with Crippen molar-refractivity contribution in [1.29, 1.82) is 0 Å². The summed E-state index contributed by atoms with van der Waals surface area (Å²) in [6, 6.07) is 12.3. The minimum absolute atomic E-state index is 0.0724. The average molecular weight is 435 g/mol. The summed E-state index contributed by atoms with van der Waals surface area (Å²) in [4.78, 5) is 2.70. The fourth-order valence-corrected chi connectivity index (χ4v) is 3.56. The van der Waals surface area contributed by atoms with Gasteiger partial charge in [-0.2, -0.15) is 0 Å². The number of ether oxygens (including phenoxy) is 1. The number of hydrogen-bond donors (Lipinski definition) is 0. The van der Waals surface area contributed by atoms with E-state index in [9.17, 15) is 23.6 Å². The lowest BCUT2D eigenvalue weighted by Crippen LogP contribution is -2.05. The Hall–Kier alpha value is -2.46. The third kappa shape index (κ3) is 4.68. The van der Waals surface area contributed by atoms with Crippen LogP contribution in [0.5, 0.6) is 11.6 Å². The van der Waals surface area contributed by atoms with Crippen molar-refractivity contribution < 1.29 is 28.4 Å². The monoisotopic (exact) mass is 435 g/mol. The summed E-state index contributed by atoms with van der Waals surface area (Å²) in [6.07, 6.45) is 2.97. The van der Waals surface area contributed by atoms with Crippen molar-refractivity contribution in [2.45, 2.75) is 9.79 Å². The Balaban J connectivity index is 1.91.